The fourth-order valence-electron chi connectivity index (χ4n) is 8.05. The molecule has 1 unspecified atom stereocenters. The first-order valence-corrected chi connectivity index (χ1v) is 26.2. The number of carbonyl (C=O) groups excluding carboxylic acids is 2. The Hall–Kier alpha value is -2.02. The molecule has 1 aromatic rings. The second-order valence-corrected chi connectivity index (χ2v) is 24.5. The molecular weight excluding hydrogens is 817 g/mol. The summed E-state index contributed by atoms with van der Waals surface area (Å²) in [7, 11) is -2.12. The summed E-state index contributed by atoms with van der Waals surface area (Å²) in [6.45, 7) is 23.0. The van der Waals surface area contributed by atoms with Gasteiger partial charge in [-0.2, -0.15) is 0 Å². The van der Waals surface area contributed by atoms with Crippen LogP contribution in [0.3, 0.4) is 0 Å². The molecule has 0 spiro atoms. The van der Waals surface area contributed by atoms with Crippen molar-refractivity contribution in [2.75, 3.05) is 19.8 Å². The van der Waals surface area contributed by atoms with Crippen LogP contribution in [-0.4, -0.2) is 107 Å². The molecule has 0 aromatic heterocycles. The van der Waals surface area contributed by atoms with Gasteiger partial charge in [-0.15, -0.1) is 0 Å². The number of hydrogen-bond donors (Lipinski definition) is 0. The van der Waals surface area contributed by atoms with E-state index in [9.17, 15) is 9.59 Å². The smallest absolute Gasteiger partial charge is 0.306 e. The highest BCUT2D eigenvalue weighted by molar-refractivity contribution is 6.74. The molecule has 0 amide bonds. The summed E-state index contributed by atoms with van der Waals surface area (Å²) < 4.78 is 63.9. The zero-order valence-corrected chi connectivity index (χ0v) is 40.5. The maximum atomic E-state index is 13.6. The monoisotopic (exact) mass is 895 g/mol. The van der Waals surface area contributed by atoms with Crippen LogP contribution in [0.5, 0.6) is 0 Å². The zero-order valence-electron chi connectivity index (χ0n) is 39.5. The van der Waals surface area contributed by atoms with Gasteiger partial charge in [-0.25, -0.2) is 9.78 Å². The van der Waals surface area contributed by atoms with E-state index < -0.39 is 93.2 Å². The number of ether oxygens (including phenoxy) is 9. The van der Waals surface area contributed by atoms with E-state index in [1.807, 2.05) is 58.0 Å². The predicted octanol–water partition coefficient (Wildman–Crippen LogP) is 9.38. The lowest BCUT2D eigenvalue weighted by atomic mass is 9.97. The molecule has 0 bridgehead atoms. The van der Waals surface area contributed by atoms with E-state index in [0.29, 0.717) is 19.4 Å². The lowest BCUT2D eigenvalue weighted by Gasteiger charge is -2.47. The van der Waals surface area contributed by atoms with Crippen molar-refractivity contribution < 1.29 is 66.4 Å². The number of esters is 2. The first kappa shape index (κ1) is 51.0. The van der Waals surface area contributed by atoms with E-state index in [1.165, 1.54) is 0 Å². The molecule has 10 atom stereocenters. The largest absolute Gasteiger partial charge is 0.455 e. The highest BCUT2D eigenvalue weighted by Crippen LogP contribution is 2.42. The van der Waals surface area contributed by atoms with Gasteiger partial charge in [-0.1, -0.05) is 116 Å². The molecule has 0 N–H and O–H groups in total. The van der Waals surface area contributed by atoms with Crippen LogP contribution in [0.25, 0.3) is 0 Å². The van der Waals surface area contributed by atoms with Crippen molar-refractivity contribution in [3.63, 3.8) is 0 Å². The standard InChI is InChI=1S/C47H78O14Si/c1-12-14-16-18-23-27-36(48)54-41-38-33(29-50-43(56-38)32-25-21-20-22-26-32)53-44(42(41)55-37(49)28-24-19-17-15-13-2)61-51-30-34-39(59-46(6,7)57-34)40-35(58-47(8,9)60-40)31-52-62(10,11)45(3,4)5/h20-22,25-26,33-35,38-44H,12-19,23-24,27-31H2,1-11H3/t33-,34-,35-,38-,39-,40-,41+,42+,43?,44+/m1/s1. The minimum atomic E-state index is -2.12. The number of rotatable bonds is 23. The average molecular weight is 895 g/mol. The van der Waals surface area contributed by atoms with E-state index in [4.69, 9.17) is 56.8 Å². The SMILES string of the molecule is CCCCCCCC(=O)O[C@@H]1[C@H](OC(=O)CCCCCCC)[C@H](OOC[C@H]2OC(C)(C)O[C@H]2[C@@H]2OC(C)(C)O[C@@H]2CO[Si](C)(C)C(C)(C)C)O[C@@H]2COC(c3ccccc3)O[C@@H]12. The number of hydrogen-bond acceptors (Lipinski definition) is 14. The van der Waals surface area contributed by atoms with Crippen LogP contribution in [0.2, 0.25) is 18.1 Å². The van der Waals surface area contributed by atoms with Gasteiger partial charge in [0.05, 0.1) is 13.2 Å². The Labute approximate surface area is 371 Å². The minimum absolute atomic E-state index is 0.00718. The average Bonchev–Trinajstić information content (AvgIpc) is 3.70. The van der Waals surface area contributed by atoms with E-state index in [0.717, 1.165) is 56.9 Å². The fraction of sp³-hybridized carbons (Fsp3) is 0.830. The summed E-state index contributed by atoms with van der Waals surface area (Å²) in [6.07, 6.45) is 1.70. The molecule has 4 aliphatic heterocycles. The van der Waals surface area contributed by atoms with Gasteiger partial charge >= 0.3 is 11.9 Å². The molecule has 0 saturated carbocycles. The molecule has 4 heterocycles. The first-order chi connectivity index (χ1) is 29.3. The third kappa shape index (κ3) is 14.5. The number of benzene rings is 1. The summed E-state index contributed by atoms with van der Waals surface area (Å²) >= 11 is 0. The number of unbranched alkanes of at least 4 members (excludes halogenated alkanes) is 8. The molecule has 0 aliphatic carbocycles. The topological polar surface area (TPSA) is 145 Å². The van der Waals surface area contributed by atoms with E-state index in [-0.39, 0.29) is 31.1 Å². The molecule has 4 aliphatic rings. The first-order valence-electron chi connectivity index (χ1n) is 23.3. The number of fused-ring (bicyclic) bond motifs is 1. The van der Waals surface area contributed by atoms with Crippen molar-refractivity contribution in [3.05, 3.63) is 35.9 Å². The highest BCUT2D eigenvalue weighted by Gasteiger charge is 2.57. The lowest BCUT2D eigenvalue weighted by molar-refractivity contribution is -0.444. The molecule has 0 radical (unpaired) electrons. The van der Waals surface area contributed by atoms with E-state index in [1.54, 1.807) is 0 Å². The van der Waals surface area contributed by atoms with Gasteiger partial charge in [-0.3, -0.25) is 9.59 Å². The van der Waals surface area contributed by atoms with Crippen LogP contribution in [-0.2, 0) is 66.4 Å². The van der Waals surface area contributed by atoms with E-state index in [2.05, 4.69) is 47.7 Å². The quantitative estimate of drug-likeness (QED) is 0.0338. The van der Waals surface area contributed by atoms with Crippen molar-refractivity contribution in [1.29, 1.82) is 0 Å². The maximum absolute atomic E-state index is 13.6. The fourth-order valence-corrected chi connectivity index (χ4v) is 9.07. The van der Waals surface area contributed by atoms with Gasteiger partial charge in [0.15, 0.2) is 38.4 Å². The second-order valence-electron chi connectivity index (χ2n) is 19.7. The third-order valence-corrected chi connectivity index (χ3v) is 16.9. The summed E-state index contributed by atoms with van der Waals surface area (Å²) in [5.41, 5.74) is 0.791. The Morgan fingerprint density at radius 2 is 1.23 bits per heavy atom. The van der Waals surface area contributed by atoms with Crippen molar-refractivity contribution in [3.8, 4) is 0 Å². The Bertz CT molecular complexity index is 1520. The highest BCUT2D eigenvalue weighted by atomic mass is 28.4. The van der Waals surface area contributed by atoms with Crippen molar-refractivity contribution >= 4 is 20.3 Å². The Morgan fingerprint density at radius 1 is 0.694 bits per heavy atom. The van der Waals surface area contributed by atoms with Crippen LogP contribution in [0.15, 0.2) is 30.3 Å². The molecular formula is C47H78O14Si. The maximum Gasteiger partial charge on any atom is 0.306 e. The molecule has 62 heavy (non-hydrogen) atoms. The van der Waals surface area contributed by atoms with Gasteiger partial charge in [0.2, 0.25) is 6.29 Å². The molecule has 4 saturated heterocycles. The van der Waals surface area contributed by atoms with Crippen LogP contribution in [0.4, 0.5) is 0 Å². The van der Waals surface area contributed by atoms with Gasteiger partial charge in [0, 0.05) is 18.4 Å². The minimum Gasteiger partial charge on any atom is -0.455 e. The Morgan fingerprint density at radius 3 is 1.77 bits per heavy atom. The van der Waals surface area contributed by atoms with Gasteiger partial charge in [0.25, 0.3) is 0 Å². The summed E-state index contributed by atoms with van der Waals surface area (Å²) in [5.74, 6) is -2.76. The third-order valence-electron chi connectivity index (χ3n) is 12.4. The van der Waals surface area contributed by atoms with Crippen LogP contribution >= 0.6 is 0 Å². The van der Waals surface area contributed by atoms with Crippen LogP contribution in [0.1, 0.15) is 151 Å². The van der Waals surface area contributed by atoms with Crippen LogP contribution < -0.4 is 0 Å². The molecule has 354 valence electrons. The second kappa shape index (κ2) is 22.9. The molecule has 4 fully saturated rings. The predicted molar refractivity (Wildman–Crippen MR) is 233 cm³/mol. The lowest BCUT2D eigenvalue weighted by Crippen LogP contribution is -2.64. The summed E-state index contributed by atoms with van der Waals surface area (Å²) in [5, 5.41) is 0.00718. The molecule has 1 aromatic carbocycles. The Balaban J connectivity index is 1.35. The van der Waals surface area contributed by atoms with Crippen molar-refractivity contribution in [2.45, 2.75) is 230 Å². The van der Waals surface area contributed by atoms with Gasteiger partial charge in [-0.05, 0) is 58.7 Å². The van der Waals surface area contributed by atoms with Crippen LogP contribution in [0, 0.1) is 0 Å². The number of carbonyl (C=O) groups is 2. The molecule has 5 rings (SSSR count). The van der Waals surface area contributed by atoms with Gasteiger partial charge < -0.3 is 47.1 Å². The summed E-state index contributed by atoms with van der Waals surface area (Å²) in [6, 6.07) is 9.51. The zero-order chi connectivity index (χ0) is 45.1. The Kier molecular flexibility index (Phi) is 18.9. The molecule has 14 nitrogen and oxygen atoms in total. The summed E-state index contributed by atoms with van der Waals surface area (Å²) in [4.78, 5) is 39.2. The molecule has 15 heteroatoms. The van der Waals surface area contributed by atoms with E-state index >= 15 is 0 Å². The normalized spacial score (nSPS) is 30.8. The van der Waals surface area contributed by atoms with Crippen molar-refractivity contribution in [2.24, 2.45) is 0 Å². The van der Waals surface area contributed by atoms with Gasteiger partial charge in [0.1, 0.15) is 43.2 Å². The van der Waals surface area contributed by atoms with Crippen molar-refractivity contribution in [1.82, 2.24) is 0 Å².